The molecule has 2 rings (SSSR count). The molecule has 0 aliphatic heterocycles. The van der Waals surface area contributed by atoms with Crippen molar-refractivity contribution in [3.8, 4) is 5.69 Å². The van der Waals surface area contributed by atoms with Crippen LogP contribution in [-0.4, -0.2) is 14.8 Å². The van der Waals surface area contributed by atoms with E-state index < -0.39 is 11.7 Å². The zero-order valence-electron chi connectivity index (χ0n) is 9.37. The molecular weight excluding hydrogens is 267 g/mol. The van der Waals surface area contributed by atoms with Crippen LogP contribution in [0.25, 0.3) is 5.69 Å². The van der Waals surface area contributed by atoms with Crippen LogP contribution in [0, 0.1) is 0 Å². The number of rotatable bonds is 2. The maximum absolute atomic E-state index is 12.4. The van der Waals surface area contributed by atoms with Gasteiger partial charge in [-0.15, -0.1) is 10.2 Å². The molecular formula is C11H9ClF3N3. The van der Waals surface area contributed by atoms with Gasteiger partial charge in [-0.2, -0.15) is 13.2 Å². The van der Waals surface area contributed by atoms with Gasteiger partial charge >= 0.3 is 6.18 Å². The van der Waals surface area contributed by atoms with Gasteiger partial charge in [0.15, 0.2) is 0 Å². The maximum atomic E-state index is 12.4. The molecule has 0 unspecified atom stereocenters. The van der Waals surface area contributed by atoms with Gasteiger partial charge in [-0.25, -0.2) is 0 Å². The lowest BCUT2D eigenvalue weighted by Gasteiger charge is -2.09. The lowest BCUT2D eigenvalue weighted by Crippen LogP contribution is -2.06. The molecule has 0 spiro atoms. The average Bonchev–Trinajstić information content (AvgIpc) is 2.69. The summed E-state index contributed by atoms with van der Waals surface area (Å²) in [4.78, 5) is 0. The van der Waals surface area contributed by atoms with E-state index in [-0.39, 0.29) is 5.28 Å². The minimum absolute atomic E-state index is 0.131. The van der Waals surface area contributed by atoms with Crippen molar-refractivity contribution in [1.82, 2.24) is 14.8 Å². The summed E-state index contributed by atoms with van der Waals surface area (Å²) in [5.41, 5.74) is -0.191. The number of hydrogen-bond acceptors (Lipinski definition) is 2. The highest BCUT2D eigenvalue weighted by Gasteiger charge is 2.30. The summed E-state index contributed by atoms with van der Waals surface area (Å²) in [6, 6.07) is 4.70. The molecule has 7 heteroatoms. The Morgan fingerprint density at radius 1 is 1.17 bits per heavy atom. The average molecular weight is 276 g/mol. The molecule has 1 heterocycles. The highest BCUT2D eigenvalue weighted by atomic mass is 35.5. The van der Waals surface area contributed by atoms with Gasteiger partial charge in [0.25, 0.3) is 0 Å². The number of alkyl halides is 3. The molecule has 0 atom stereocenters. The Labute approximate surface area is 106 Å². The normalized spacial score (nSPS) is 11.8. The van der Waals surface area contributed by atoms with Gasteiger partial charge in [-0.05, 0) is 35.9 Å². The predicted molar refractivity (Wildman–Crippen MR) is 60.7 cm³/mol. The van der Waals surface area contributed by atoms with E-state index in [0.29, 0.717) is 17.9 Å². The van der Waals surface area contributed by atoms with Crippen LogP contribution >= 0.6 is 11.6 Å². The summed E-state index contributed by atoms with van der Waals surface area (Å²) >= 11 is 5.86. The maximum Gasteiger partial charge on any atom is 0.416 e. The SMILES string of the molecule is CCc1nnc(Cl)n1-c1ccc(C(F)(F)F)cc1. The van der Waals surface area contributed by atoms with E-state index in [2.05, 4.69) is 10.2 Å². The Morgan fingerprint density at radius 3 is 2.28 bits per heavy atom. The van der Waals surface area contributed by atoms with Crippen LogP contribution in [0.15, 0.2) is 24.3 Å². The molecule has 96 valence electrons. The summed E-state index contributed by atoms with van der Waals surface area (Å²) in [6.45, 7) is 1.86. The Kier molecular flexibility index (Phi) is 3.30. The third-order valence-corrected chi connectivity index (χ3v) is 2.70. The molecule has 18 heavy (non-hydrogen) atoms. The predicted octanol–water partition coefficient (Wildman–Crippen LogP) is 3.50. The third-order valence-electron chi connectivity index (χ3n) is 2.46. The minimum atomic E-state index is -4.34. The number of nitrogens with zero attached hydrogens (tertiary/aromatic N) is 3. The van der Waals surface area contributed by atoms with Crippen molar-refractivity contribution in [1.29, 1.82) is 0 Å². The number of benzene rings is 1. The fraction of sp³-hybridized carbons (Fsp3) is 0.273. The molecule has 3 nitrogen and oxygen atoms in total. The first-order chi connectivity index (χ1) is 8.43. The lowest BCUT2D eigenvalue weighted by atomic mass is 10.2. The van der Waals surface area contributed by atoms with Crippen LogP contribution in [0.3, 0.4) is 0 Å². The number of halogens is 4. The second-order valence-corrected chi connectivity index (χ2v) is 3.96. The third kappa shape index (κ3) is 2.33. The number of aromatic nitrogens is 3. The molecule has 0 saturated heterocycles. The summed E-state index contributed by atoms with van der Waals surface area (Å²) in [7, 11) is 0. The molecule has 0 fully saturated rings. The van der Waals surface area contributed by atoms with E-state index in [4.69, 9.17) is 11.6 Å². The van der Waals surface area contributed by atoms with Gasteiger partial charge in [-0.3, -0.25) is 4.57 Å². The second-order valence-electron chi connectivity index (χ2n) is 3.62. The highest BCUT2D eigenvalue weighted by Crippen LogP contribution is 2.30. The Bertz CT molecular complexity index is 546. The van der Waals surface area contributed by atoms with Crippen LogP contribution in [0.2, 0.25) is 5.28 Å². The van der Waals surface area contributed by atoms with Crippen LogP contribution in [-0.2, 0) is 12.6 Å². The van der Waals surface area contributed by atoms with Crippen molar-refractivity contribution in [2.24, 2.45) is 0 Å². The number of aryl methyl sites for hydroxylation is 1. The van der Waals surface area contributed by atoms with E-state index in [1.165, 1.54) is 16.7 Å². The number of hydrogen-bond donors (Lipinski definition) is 0. The van der Waals surface area contributed by atoms with Gasteiger partial charge in [0, 0.05) is 12.1 Å². The van der Waals surface area contributed by atoms with Crippen LogP contribution in [0.4, 0.5) is 13.2 Å². The quantitative estimate of drug-likeness (QED) is 0.840. The van der Waals surface area contributed by atoms with Crippen LogP contribution in [0.1, 0.15) is 18.3 Å². The van der Waals surface area contributed by atoms with Crippen molar-refractivity contribution in [3.05, 3.63) is 40.9 Å². The summed E-state index contributed by atoms with van der Waals surface area (Å²) in [6.07, 6.45) is -3.76. The zero-order valence-corrected chi connectivity index (χ0v) is 10.1. The van der Waals surface area contributed by atoms with Gasteiger partial charge in [0.2, 0.25) is 5.28 Å². The molecule has 0 amide bonds. The Balaban J connectivity index is 2.43. The zero-order chi connectivity index (χ0) is 13.3. The van der Waals surface area contributed by atoms with Gasteiger partial charge in [0.05, 0.1) is 5.56 Å². The molecule has 0 aliphatic rings. The van der Waals surface area contributed by atoms with E-state index in [9.17, 15) is 13.2 Å². The smallest absolute Gasteiger partial charge is 0.270 e. The fourth-order valence-electron chi connectivity index (χ4n) is 1.58. The molecule has 1 aromatic heterocycles. The Hall–Kier alpha value is -1.56. The van der Waals surface area contributed by atoms with Crippen molar-refractivity contribution in [3.63, 3.8) is 0 Å². The molecule has 0 saturated carbocycles. The molecule has 0 radical (unpaired) electrons. The molecule has 0 N–H and O–H groups in total. The monoisotopic (exact) mass is 275 g/mol. The van der Waals surface area contributed by atoms with Crippen molar-refractivity contribution < 1.29 is 13.2 Å². The first-order valence-corrected chi connectivity index (χ1v) is 5.58. The molecule has 0 aliphatic carbocycles. The van der Waals surface area contributed by atoms with Crippen molar-refractivity contribution in [2.75, 3.05) is 0 Å². The molecule has 0 bridgehead atoms. The van der Waals surface area contributed by atoms with Crippen molar-refractivity contribution >= 4 is 11.6 Å². The first-order valence-electron chi connectivity index (χ1n) is 5.21. The van der Waals surface area contributed by atoms with E-state index in [0.717, 1.165) is 12.1 Å². The molecule has 1 aromatic carbocycles. The first kappa shape index (κ1) is 12.9. The van der Waals surface area contributed by atoms with Gasteiger partial charge in [0.1, 0.15) is 5.82 Å². The topological polar surface area (TPSA) is 30.7 Å². The summed E-state index contributed by atoms with van der Waals surface area (Å²) < 4.78 is 38.8. The lowest BCUT2D eigenvalue weighted by molar-refractivity contribution is -0.137. The standard InChI is InChI=1S/C11H9ClF3N3/c1-2-9-16-17-10(12)18(9)8-5-3-7(4-6-8)11(13,14)15/h3-6H,2H2,1H3. The molecule has 2 aromatic rings. The van der Waals surface area contributed by atoms with Crippen LogP contribution in [0.5, 0.6) is 0 Å². The van der Waals surface area contributed by atoms with Gasteiger partial charge < -0.3 is 0 Å². The fourth-order valence-corrected chi connectivity index (χ4v) is 1.81. The largest absolute Gasteiger partial charge is 0.416 e. The van der Waals surface area contributed by atoms with Crippen LogP contribution < -0.4 is 0 Å². The highest BCUT2D eigenvalue weighted by molar-refractivity contribution is 6.28. The van der Waals surface area contributed by atoms with Gasteiger partial charge in [-0.1, -0.05) is 6.92 Å². The summed E-state index contributed by atoms with van der Waals surface area (Å²) in [5, 5.41) is 7.66. The minimum Gasteiger partial charge on any atom is -0.270 e. The summed E-state index contributed by atoms with van der Waals surface area (Å²) in [5.74, 6) is 0.597. The van der Waals surface area contributed by atoms with E-state index in [1.54, 1.807) is 0 Å². The van der Waals surface area contributed by atoms with E-state index >= 15 is 0 Å². The Morgan fingerprint density at radius 2 is 1.78 bits per heavy atom. The second kappa shape index (κ2) is 4.61. The van der Waals surface area contributed by atoms with E-state index in [1.807, 2.05) is 6.92 Å². The van der Waals surface area contributed by atoms with Crippen molar-refractivity contribution in [2.45, 2.75) is 19.5 Å².